The summed E-state index contributed by atoms with van der Waals surface area (Å²) < 4.78 is 16.8. The first kappa shape index (κ1) is 74.2. The fourth-order valence-electron chi connectivity index (χ4n) is 7.72. The highest BCUT2D eigenvalue weighted by Crippen LogP contribution is 2.12. The summed E-state index contributed by atoms with van der Waals surface area (Å²) in [7, 11) is 0. The molecule has 0 amide bonds. The average Bonchev–Trinajstić information content (AvgIpc) is 3.46. The first-order valence-electron chi connectivity index (χ1n) is 31.4. The maximum Gasteiger partial charge on any atom is 0.306 e. The lowest BCUT2D eigenvalue weighted by atomic mass is 10.1. The van der Waals surface area contributed by atoms with Gasteiger partial charge in [-0.05, 0) is 141 Å². The van der Waals surface area contributed by atoms with Crippen LogP contribution in [0.3, 0.4) is 0 Å². The van der Waals surface area contributed by atoms with Crippen LogP contribution in [0.1, 0.15) is 233 Å². The number of esters is 3. The molecule has 0 saturated heterocycles. The minimum absolute atomic E-state index is 0.119. The van der Waals surface area contributed by atoms with E-state index in [-0.39, 0.29) is 44.0 Å². The Bertz CT molecular complexity index is 1930. The number of allylic oxidation sites excluding steroid dienone is 32. The molecule has 0 fully saturated rings. The Labute approximate surface area is 490 Å². The van der Waals surface area contributed by atoms with Crippen LogP contribution < -0.4 is 0 Å². The Balaban J connectivity index is 4.43. The highest BCUT2D eigenvalue weighted by atomic mass is 16.6. The molecule has 6 nitrogen and oxygen atoms in total. The molecule has 0 aromatic heterocycles. The van der Waals surface area contributed by atoms with Gasteiger partial charge in [0.1, 0.15) is 13.2 Å². The van der Waals surface area contributed by atoms with E-state index in [9.17, 15) is 14.4 Å². The lowest BCUT2D eigenvalue weighted by Gasteiger charge is -2.18. The normalized spacial score (nSPS) is 13.5. The smallest absolute Gasteiger partial charge is 0.306 e. The molecule has 0 spiro atoms. The van der Waals surface area contributed by atoms with Crippen LogP contribution in [-0.4, -0.2) is 37.2 Å². The van der Waals surface area contributed by atoms with Crippen LogP contribution in [0.15, 0.2) is 194 Å². The zero-order valence-corrected chi connectivity index (χ0v) is 50.8. The van der Waals surface area contributed by atoms with Gasteiger partial charge in [0.05, 0.1) is 0 Å². The lowest BCUT2D eigenvalue weighted by Crippen LogP contribution is -2.30. The van der Waals surface area contributed by atoms with Crippen LogP contribution in [0.2, 0.25) is 0 Å². The van der Waals surface area contributed by atoms with Crippen molar-refractivity contribution in [3.63, 3.8) is 0 Å². The fraction of sp³-hybridized carbons (Fsp3) is 0.527. The van der Waals surface area contributed by atoms with E-state index in [1.165, 1.54) is 32.1 Å². The number of ether oxygens (including phenoxy) is 3. The SMILES string of the molecule is CC/C=C\C/C=C\C/C=C\C/C=C\C/C=C\C/C=C\C/C=C\C/C=C\C/C=C\CCCC(=O)OCC(COC(=O)CCCCCCCCCC)OC(=O)CCCCC/C=C\C/C=C\C/C=C\C/C=C\C/C=C\C/C=C\C/C=C\CC. The van der Waals surface area contributed by atoms with Gasteiger partial charge in [0.25, 0.3) is 0 Å². The zero-order chi connectivity index (χ0) is 57.8. The van der Waals surface area contributed by atoms with Crippen molar-refractivity contribution in [2.75, 3.05) is 13.2 Å². The van der Waals surface area contributed by atoms with Crippen LogP contribution >= 0.6 is 0 Å². The van der Waals surface area contributed by atoms with E-state index in [1.54, 1.807) is 0 Å². The molecule has 0 radical (unpaired) electrons. The summed E-state index contributed by atoms with van der Waals surface area (Å²) in [5, 5.41) is 0. The van der Waals surface area contributed by atoms with Crippen LogP contribution in [0.5, 0.6) is 0 Å². The second-order valence-corrected chi connectivity index (χ2v) is 19.9. The summed E-state index contributed by atoms with van der Waals surface area (Å²) in [5.41, 5.74) is 0. The van der Waals surface area contributed by atoms with E-state index in [4.69, 9.17) is 14.2 Å². The number of carbonyl (C=O) groups excluding carboxylic acids is 3. The van der Waals surface area contributed by atoms with E-state index >= 15 is 0 Å². The molecule has 0 heterocycles. The molecule has 0 aliphatic rings. The lowest BCUT2D eigenvalue weighted by molar-refractivity contribution is -0.167. The topological polar surface area (TPSA) is 78.9 Å². The second kappa shape index (κ2) is 65.8. The minimum atomic E-state index is -0.830. The molecule has 0 aromatic rings. The van der Waals surface area contributed by atoms with E-state index in [2.05, 4.69) is 215 Å². The Morgan fingerprint density at radius 1 is 0.263 bits per heavy atom. The van der Waals surface area contributed by atoms with Crippen LogP contribution in [0, 0.1) is 0 Å². The predicted molar refractivity (Wildman–Crippen MR) is 347 cm³/mol. The molecule has 6 heteroatoms. The summed E-state index contributed by atoms with van der Waals surface area (Å²) in [5.74, 6) is -1.03. The number of unbranched alkanes of at least 4 members (excludes halogenated alkanes) is 11. The summed E-state index contributed by atoms with van der Waals surface area (Å²) in [6.45, 7) is 6.28. The molecule has 0 saturated carbocycles. The Kier molecular flexibility index (Phi) is 61.0. The maximum atomic E-state index is 12.9. The van der Waals surface area contributed by atoms with Gasteiger partial charge < -0.3 is 14.2 Å². The summed E-state index contributed by atoms with van der Waals surface area (Å²) in [4.78, 5) is 38.1. The second-order valence-electron chi connectivity index (χ2n) is 19.9. The Morgan fingerprint density at radius 3 is 0.812 bits per heavy atom. The third-order valence-corrected chi connectivity index (χ3v) is 12.3. The fourth-order valence-corrected chi connectivity index (χ4v) is 7.72. The molecule has 0 N–H and O–H groups in total. The molecule has 0 aliphatic carbocycles. The third-order valence-electron chi connectivity index (χ3n) is 12.3. The monoisotopic (exact) mass is 1100 g/mol. The van der Waals surface area contributed by atoms with Crippen molar-refractivity contribution in [3.05, 3.63) is 194 Å². The highest BCUT2D eigenvalue weighted by Gasteiger charge is 2.19. The third kappa shape index (κ3) is 63.1. The summed E-state index contributed by atoms with van der Waals surface area (Å²) in [6, 6.07) is 0. The van der Waals surface area contributed by atoms with Crippen molar-refractivity contribution < 1.29 is 28.6 Å². The van der Waals surface area contributed by atoms with Crippen LogP contribution in [0.25, 0.3) is 0 Å². The molecular formula is C74H112O6. The van der Waals surface area contributed by atoms with Gasteiger partial charge >= 0.3 is 17.9 Å². The van der Waals surface area contributed by atoms with Crippen molar-refractivity contribution in [3.8, 4) is 0 Å². The average molecular weight is 1100 g/mol. The van der Waals surface area contributed by atoms with E-state index in [0.717, 1.165) is 148 Å². The number of carbonyl (C=O) groups is 3. The van der Waals surface area contributed by atoms with Crippen molar-refractivity contribution in [2.24, 2.45) is 0 Å². The number of hydrogen-bond donors (Lipinski definition) is 0. The van der Waals surface area contributed by atoms with E-state index < -0.39 is 6.10 Å². The number of hydrogen-bond acceptors (Lipinski definition) is 6. The standard InChI is InChI=1S/C74H112O6/c1-4-7-10-13-16-19-21-23-25-27-29-31-33-35-36-37-38-40-41-43-45-47-49-51-53-55-58-61-64-67-73(76)79-70-71(69-78-72(75)66-63-60-57-18-15-12-9-6-3)80-74(77)68-65-62-59-56-54-52-50-48-46-44-42-39-34-32-30-28-26-24-22-20-17-14-11-8-5-2/h7-8,10-11,16-17,19-20,23-26,29-32,35-36,38-40,42-43,45-46,48-49,51-52,54-55,58,71H,4-6,9,12-15,18,21-22,27-28,33-34,37,41,44,47,50,53,56-57,59-70H2,1-3H3/b10-7-,11-8-,19-16-,20-17-,25-23-,26-24-,31-29-,32-30-,36-35-,40-38-,42-39-,45-43-,48-46-,51-49-,54-52-,58-55-. The molecule has 80 heavy (non-hydrogen) atoms. The highest BCUT2D eigenvalue weighted by molar-refractivity contribution is 5.71. The van der Waals surface area contributed by atoms with Gasteiger partial charge in [-0.2, -0.15) is 0 Å². The Morgan fingerprint density at radius 2 is 0.500 bits per heavy atom. The van der Waals surface area contributed by atoms with Gasteiger partial charge in [0.15, 0.2) is 6.10 Å². The van der Waals surface area contributed by atoms with Crippen molar-refractivity contribution in [1.29, 1.82) is 0 Å². The zero-order valence-electron chi connectivity index (χ0n) is 50.8. The molecule has 1 unspecified atom stereocenters. The van der Waals surface area contributed by atoms with E-state index in [1.807, 2.05) is 0 Å². The molecule has 444 valence electrons. The van der Waals surface area contributed by atoms with Gasteiger partial charge in [-0.1, -0.05) is 267 Å². The quantitative estimate of drug-likeness (QED) is 0.0261. The van der Waals surface area contributed by atoms with E-state index in [0.29, 0.717) is 19.3 Å². The minimum Gasteiger partial charge on any atom is -0.462 e. The van der Waals surface area contributed by atoms with Gasteiger partial charge in [-0.15, -0.1) is 0 Å². The first-order valence-corrected chi connectivity index (χ1v) is 31.4. The van der Waals surface area contributed by atoms with Gasteiger partial charge in [0, 0.05) is 19.3 Å². The molecule has 0 rings (SSSR count). The van der Waals surface area contributed by atoms with Crippen LogP contribution in [-0.2, 0) is 28.6 Å². The maximum absolute atomic E-state index is 12.9. The first-order chi connectivity index (χ1) is 39.5. The number of rotatable bonds is 54. The summed E-state index contributed by atoms with van der Waals surface area (Å²) >= 11 is 0. The molecule has 0 aliphatic heterocycles. The molecular weight excluding hydrogens is 985 g/mol. The van der Waals surface area contributed by atoms with Gasteiger partial charge in [-0.3, -0.25) is 14.4 Å². The van der Waals surface area contributed by atoms with Gasteiger partial charge in [-0.25, -0.2) is 0 Å². The van der Waals surface area contributed by atoms with Crippen molar-refractivity contribution in [1.82, 2.24) is 0 Å². The molecule has 1 atom stereocenters. The van der Waals surface area contributed by atoms with Crippen molar-refractivity contribution in [2.45, 2.75) is 239 Å². The van der Waals surface area contributed by atoms with Gasteiger partial charge in [0.2, 0.25) is 0 Å². The molecule has 0 aromatic carbocycles. The predicted octanol–water partition coefficient (Wildman–Crippen LogP) is 21.8. The largest absolute Gasteiger partial charge is 0.462 e. The Hall–Kier alpha value is -5.75. The van der Waals surface area contributed by atoms with Crippen LogP contribution in [0.4, 0.5) is 0 Å². The summed E-state index contributed by atoms with van der Waals surface area (Å²) in [6.07, 6.45) is 100. The van der Waals surface area contributed by atoms with Crippen molar-refractivity contribution >= 4 is 17.9 Å². The molecule has 0 bridgehead atoms.